The second kappa shape index (κ2) is 12.7. The SMILES string of the molecule is CC(C)CN(CC(=O)N(CCc1c[nH]c2ccccc12)Cc1ccc(C(F)(F)F)cc1)C(=O)c1ccccc1Br. The van der Waals surface area contributed by atoms with Gasteiger partial charge in [0.25, 0.3) is 5.91 Å². The number of para-hydroxylation sites is 1. The van der Waals surface area contributed by atoms with Gasteiger partial charge in [0.15, 0.2) is 0 Å². The maximum Gasteiger partial charge on any atom is 0.416 e. The van der Waals surface area contributed by atoms with Crippen molar-refractivity contribution in [1.29, 1.82) is 0 Å². The van der Waals surface area contributed by atoms with Crippen LogP contribution in [0.25, 0.3) is 10.9 Å². The van der Waals surface area contributed by atoms with E-state index in [0.717, 1.165) is 28.6 Å². The van der Waals surface area contributed by atoms with E-state index in [2.05, 4.69) is 20.9 Å². The number of aromatic amines is 1. The van der Waals surface area contributed by atoms with Crippen LogP contribution in [0, 0.1) is 5.92 Å². The molecule has 40 heavy (non-hydrogen) atoms. The van der Waals surface area contributed by atoms with Crippen molar-refractivity contribution in [3.8, 4) is 0 Å². The summed E-state index contributed by atoms with van der Waals surface area (Å²) in [5, 5.41) is 1.05. The summed E-state index contributed by atoms with van der Waals surface area (Å²) in [5.74, 6) is -0.421. The lowest BCUT2D eigenvalue weighted by molar-refractivity contribution is -0.137. The highest BCUT2D eigenvalue weighted by molar-refractivity contribution is 9.10. The molecule has 210 valence electrons. The highest BCUT2D eigenvalue weighted by Gasteiger charge is 2.30. The van der Waals surface area contributed by atoms with Crippen molar-refractivity contribution in [2.75, 3.05) is 19.6 Å². The number of hydrogen-bond acceptors (Lipinski definition) is 2. The summed E-state index contributed by atoms with van der Waals surface area (Å²) in [6.45, 7) is 4.64. The molecule has 5 nitrogen and oxygen atoms in total. The Hall–Kier alpha value is -3.59. The Morgan fingerprint density at radius 3 is 2.27 bits per heavy atom. The van der Waals surface area contributed by atoms with Crippen LogP contribution in [-0.2, 0) is 23.9 Å². The Bertz CT molecular complexity index is 1460. The van der Waals surface area contributed by atoms with Gasteiger partial charge in [-0.15, -0.1) is 0 Å². The van der Waals surface area contributed by atoms with E-state index in [1.54, 1.807) is 28.0 Å². The molecule has 0 saturated carbocycles. The lowest BCUT2D eigenvalue weighted by Gasteiger charge is -2.29. The lowest BCUT2D eigenvalue weighted by Crippen LogP contribution is -2.44. The van der Waals surface area contributed by atoms with E-state index in [9.17, 15) is 22.8 Å². The van der Waals surface area contributed by atoms with Crippen LogP contribution in [0.5, 0.6) is 0 Å². The molecule has 0 saturated heterocycles. The number of amides is 2. The van der Waals surface area contributed by atoms with Crippen molar-refractivity contribution in [2.24, 2.45) is 5.92 Å². The molecule has 1 aromatic heterocycles. The second-order valence-corrected chi connectivity index (χ2v) is 11.0. The first-order valence-electron chi connectivity index (χ1n) is 13.1. The topological polar surface area (TPSA) is 56.4 Å². The van der Waals surface area contributed by atoms with E-state index < -0.39 is 11.7 Å². The number of fused-ring (bicyclic) bond motifs is 1. The molecule has 2 amide bonds. The molecule has 0 aliphatic heterocycles. The third-order valence-corrected chi connectivity index (χ3v) is 7.33. The average molecular weight is 615 g/mol. The smallest absolute Gasteiger partial charge is 0.361 e. The fourth-order valence-electron chi connectivity index (χ4n) is 4.63. The number of nitrogens with zero attached hydrogens (tertiary/aromatic N) is 2. The highest BCUT2D eigenvalue weighted by atomic mass is 79.9. The molecule has 0 bridgehead atoms. The van der Waals surface area contributed by atoms with Crippen LogP contribution < -0.4 is 0 Å². The van der Waals surface area contributed by atoms with Gasteiger partial charge in [0.2, 0.25) is 5.91 Å². The first kappa shape index (κ1) is 29.4. The van der Waals surface area contributed by atoms with Gasteiger partial charge in [0.05, 0.1) is 11.1 Å². The molecule has 0 aliphatic rings. The fourth-order valence-corrected chi connectivity index (χ4v) is 5.09. The quantitative estimate of drug-likeness (QED) is 0.204. The van der Waals surface area contributed by atoms with E-state index in [-0.39, 0.29) is 30.8 Å². The predicted molar refractivity (Wildman–Crippen MR) is 154 cm³/mol. The van der Waals surface area contributed by atoms with Crippen LogP contribution >= 0.6 is 15.9 Å². The minimum atomic E-state index is -4.44. The van der Waals surface area contributed by atoms with Gasteiger partial charge < -0.3 is 14.8 Å². The first-order chi connectivity index (χ1) is 19.0. The van der Waals surface area contributed by atoms with Gasteiger partial charge >= 0.3 is 6.18 Å². The zero-order valence-corrected chi connectivity index (χ0v) is 23.9. The normalized spacial score (nSPS) is 11.7. The summed E-state index contributed by atoms with van der Waals surface area (Å²) in [4.78, 5) is 33.6. The van der Waals surface area contributed by atoms with Crippen LogP contribution in [0.3, 0.4) is 0 Å². The van der Waals surface area contributed by atoms with Gasteiger partial charge in [-0.05, 0) is 69.7 Å². The molecule has 0 aliphatic carbocycles. The number of alkyl halides is 3. The first-order valence-corrected chi connectivity index (χ1v) is 13.8. The number of hydrogen-bond donors (Lipinski definition) is 1. The predicted octanol–water partition coefficient (Wildman–Crippen LogP) is 7.32. The van der Waals surface area contributed by atoms with Gasteiger partial charge in [-0.1, -0.05) is 56.3 Å². The number of nitrogens with one attached hydrogen (secondary N) is 1. The Labute approximate surface area is 240 Å². The van der Waals surface area contributed by atoms with Crippen molar-refractivity contribution in [3.05, 3.63) is 106 Å². The van der Waals surface area contributed by atoms with Gasteiger partial charge in [0.1, 0.15) is 6.54 Å². The third-order valence-electron chi connectivity index (χ3n) is 6.64. The molecule has 0 fully saturated rings. The fraction of sp³-hybridized carbons (Fsp3) is 0.290. The molecule has 4 aromatic rings. The minimum Gasteiger partial charge on any atom is -0.361 e. The van der Waals surface area contributed by atoms with Crippen molar-refractivity contribution in [3.63, 3.8) is 0 Å². The van der Waals surface area contributed by atoms with Gasteiger partial charge in [0, 0.05) is 41.2 Å². The number of carbonyl (C=O) groups excluding carboxylic acids is 2. The Kier molecular flexibility index (Phi) is 9.35. The second-order valence-electron chi connectivity index (χ2n) is 10.2. The number of carbonyl (C=O) groups is 2. The monoisotopic (exact) mass is 613 g/mol. The molecule has 0 atom stereocenters. The highest BCUT2D eigenvalue weighted by Crippen LogP contribution is 2.29. The van der Waals surface area contributed by atoms with Gasteiger partial charge in [-0.3, -0.25) is 9.59 Å². The van der Waals surface area contributed by atoms with Crippen molar-refractivity contribution < 1.29 is 22.8 Å². The van der Waals surface area contributed by atoms with Crippen LogP contribution in [-0.4, -0.2) is 46.2 Å². The largest absolute Gasteiger partial charge is 0.416 e. The molecule has 1 heterocycles. The zero-order chi connectivity index (χ0) is 28.9. The average Bonchev–Trinajstić information content (AvgIpc) is 3.33. The van der Waals surface area contributed by atoms with Crippen molar-refractivity contribution in [1.82, 2.24) is 14.8 Å². The summed E-state index contributed by atoms with van der Waals surface area (Å²) < 4.78 is 39.9. The van der Waals surface area contributed by atoms with E-state index in [0.29, 0.717) is 35.1 Å². The van der Waals surface area contributed by atoms with Crippen LogP contribution in [0.2, 0.25) is 0 Å². The standard InChI is InChI=1S/C31H31BrF3N3O2/c1-21(2)18-38(30(40)26-8-3-5-9-27(26)32)20-29(39)37(19-22-11-13-24(14-12-22)31(33,34)35)16-15-23-17-36-28-10-6-4-7-25(23)28/h3-14,17,21,36H,15-16,18-20H2,1-2H3. The Balaban J connectivity index is 1.58. The zero-order valence-electron chi connectivity index (χ0n) is 22.3. The summed E-state index contributed by atoms with van der Waals surface area (Å²) in [7, 11) is 0. The van der Waals surface area contributed by atoms with Crippen molar-refractivity contribution >= 4 is 38.6 Å². The van der Waals surface area contributed by atoms with E-state index in [4.69, 9.17) is 0 Å². The molecule has 0 spiro atoms. The molecule has 4 rings (SSSR count). The Morgan fingerprint density at radius 2 is 1.60 bits per heavy atom. The van der Waals surface area contributed by atoms with E-state index >= 15 is 0 Å². The molecule has 0 radical (unpaired) electrons. The molecule has 3 aromatic carbocycles. The third kappa shape index (κ3) is 7.33. The summed E-state index contributed by atoms with van der Waals surface area (Å²) in [6, 6.07) is 19.8. The van der Waals surface area contributed by atoms with Crippen LogP contribution in [0.15, 0.2) is 83.5 Å². The molecule has 1 N–H and O–H groups in total. The summed E-state index contributed by atoms with van der Waals surface area (Å²) in [5.41, 5.74) is 2.32. The molecular formula is C31H31BrF3N3O2. The maximum atomic E-state index is 13.7. The molecular weight excluding hydrogens is 583 g/mol. The number of rotatable bonds is 10. The Morgan fingerprint density at radius 1 is 0.925 bits per heavy atom. The number of benzene rings is 3. The van der Waals surface area contributed by atoms with Crippen LogP contribution in [0.4, 0.5) is 13.2 Å². The van der Waals surface area contributed by atoms with E-state index in [1.165, 1.54) is 12.1 Å². The number of aromatic nitrogens is 1. The molecule has 0 unspecified atom stereocenters. The minimum absolute atomic E-state index is 0.119. The van der Waals surface area contributed by atoms with Crippen molar-refractivity contribution in [2.45, 2.75) is 33.0 Å². The lowest BCUT2D eigenvalue weighted by atomic mass is 10.1. The summed E-state index contributed by atoms with van der Waals surface area (Å²) >= 11 is 3.43. The number of halogens is 4. The van der Waals surface area contributed by atoms with Crippen LogP contribution in [0.1, 0.15) is 40.9 Å². The van der Waals surface area contributed by atoms with E-state index in [1.807, 2.05) is 50.4 Å². The van der Waals surface area contributed by atoms with Gasteiger partial charge in [-0.2, -0.15) is 13.2 Å². The maximum absolute atomic E-state index is 13.7. The summed E-state index contributed by atoms with van der Waals surface area (Å²) in [6.07, 6.45) is -1.99. The van der Waals surface area contributed by atoms with Gasteiger partial charge in [-0.25, -0.2) is 0 Å². The molecule has 9 heteroatoms. The number of H-pyrrole nitrogens is 1.